The van der Waals surface area contributed by atoms with Crippen LogP contribution in [0.1, 0.15) is 20.3 Å². The van der Waals surface area contributed by atoms with Crippen molar-refractivity contribution in [2.24, 2.45) is 17.6 Å². The lowest BCUT2D eigenvalue weighted by Gasteiger charge is -2.17. The third-order valence-electron chi connectivity index (χ3n) is 2.62. The molecular weight excluding hydrogens is 255 g/mol. The Balaban J connectivity index is 2.77. The van der Waals surface area contributed by atoms with E-state index < -0.39 is 5.82 Å². The summed E-state index contributed by atoms with van der Waals surface area (Å²) in [5, 5.41) is 2.52. The van der Waals surface area contributed by atoms with Crippen molar-refractivity contribution in [3.05, 3.63) is 29.0 Å². The van der Waals surface area contributed by atoms with Crippen molar-refractivity contribution in [2.45, 2.75) is 20.3 Å². The largest absolute Gasteiger partial charge is 0.330 e. The fourth-order valence-electron chi connectivity index (χ4n) is 1.71. The fourth-order valence-corrected chi connectivity index (χ4v) is 1.89. The topological polar surface area (TPSA) is 55.1 Å². The number of halogens is 2. The molecular formula is C13H18ClFN2O. The number of hydrogen-bond donors (Lipinski definition) is 2. The number of carbonyl (C=O) groups is 1. The van der Waals surface area contributed by atoms with Crippen molar-refractivity contribution in [2.75, 3.05) is 11.9 Å². The molecule has 1 aromatic carbocycles. The number of hydrogen-bond acceptors (Lipinski definition) is 2. The number of carbonyl (C=O) groups excluding carboxylic acids is 1. The molecule has 0 aliphatic heterocycles. The lowest BCUT2D eigenvalue weighted by Crippen LogP contribution is -2.30. The van der Waals surface area contributed by atoms with Gasteiger partial charge in [-0.2, -0.15) is 0 Å². The molecule has 0 saturated carbocycles. The van der Waals surface area contributed by atoms with Crippen LogP contribution in [0.4, 0.5) is 10.1 Å². The lowest BCUT2D eigenvalue weighted by molar-refractivity contribution is -0.120. The highest BCUT2D eigenvalue weighted by Gasteiger charge is 2.19. The van der Waals surface area contributed by atoms with Crippen molar-refractivity contribution in [3.8, 4) is 0 Å². The van der Waals surface area contributed by atoms with Gasteiger partial charge in [0.2, 0.25) is 5.91 Å². The highest BCUT2D eigenvalue weighted by atomic mass is 35.5. The van der Waals surface area contributed by atoms with Gasteiger partial charge in [0.25, 0.3) is 0 Å². The molecule has 0 radical (unpaired) electrons. The van der Waals surface area contributed by atoms with Crippen LogP contribution in [0.25, 0.3) is 0 Å². The summed E-state index contributed by atoms with van der Waals surface area (Å²) in [4.78, 5) is 11.9. The summed E-state index contributed by atoms with van der Waals surface area (Å²) in [6.45, 7) is 4.26. The van der Waals surface area contributed by atoms with E-state index in [1.165, 1.54) is 12.1 Å². The molecule has 0 spiro atoms. The minimum atomic E-state index is -0.618. The number of rotatable bonds is 5. The second-order valence-corrected chi connectivity index (χ2v) is 5.06. The van der Waals surface area contributed by atoms with Gasteiger partial charge in [-0.1, -0.05) is 31.5 Å². The molecule has 1 atom stereocenters. The average Bonchev–Trinajstić information content (AvgIpc) is 2.31. The number of nitrogens with two attached hydrogens (primary N) is 1. The molecule has 0 aliphatic carbocycles. The SMILES string of the molecule is CC(C)CC(CN)C(=O)Nc1cccc(Cl)c1F. The molecule has 0 saturated heterocycles. The van der Waals surface area contributed by atoms with E-state index in [1.54, 1.807) is 6.07 Å². The van der Waals surface area contributed by atoms with E-state index >= 15 is 0 Å². The van der Waals surface area contributed by atoms with Gasteiger partial charge in [-0.25, -0.2) is 4.39 Å². The van der Waals surface area contributed by atoms with Gasteiger partial charge < -0.3 is 11.1 Å². The van der Waals surface area contributed by atoms with Gasteiger partial charge in [-0.3, -0.25) is 4.79 Å². The molecule has 0 fully saturated rings. The van der Waals surface area contributed by atoms with Gasteiger partial charge in [0.1, 0.15) is 0 Å². The number of amides is 1. The maximum absolute atomic E-state index is 13.6. The maximum atomic E-state index is 13.6. The first-order valence-electron chi connectivity index (χ1n) is 5.90. The molecule has 100 valence electrons. The van der Waals surface area contributed by atoms with E-state index in [-0.39, 0.29) is 29.1 Å². The molecule has 18 heavy (non-hydrogen) atoms. The van der Waals surface area contributed by atoms with Crippen LogP contribution in [0.3, 0.4) is 0 Å². The van der Waals surface area contributed by atoms with Crippen LogP contribution < -0.4 is 11.1 Å². The third kappa shape index (κ3) is 3.96. The fraction of sp³-hybridized carbons (Fsp3) is 0.462. The van der Waals surface area contributed by atoms with Crippen LogP contribution in [-0.2, 0) is 4.79 Å². The van der Waals surface area contributed by atoms with Crippen LogP contribution in [-0.4, -0.2) is 12.5 Å². The highest BCUT2D eigenvalue weighted by molar-refractivity contribution is 6.31. The van der Waals surface area contributed by atoms with Gasteiger partial charge in [-0.15, -0.1) is 0 Å². The quantitative estimate of drug-likeness (QED) is 0.866. The van der Waals surface area contributed by atoms with Crippen LogP contribution >= 0.6 is 11.6 Å². The van der Waals surface area contributed by atoms with Crippen molar-refractivity contribution in [3.63, 3.8) is 0 Å². The molecule has 0 bridgehead atoms. The molecule has 0 heterocycles. The first-order chi connectivity index (χ1) is 8.45. The van der Waals surface area contributed by atoms with Crippen molar-refractivity contribution >= 4 is 23.2 Å². The lowest BCUT2D eigenvalue weighted by atomic mass is 9.96. The Morgan fingerprint density at radius 3 is 2.72 bits per heavy atom. The first kappa shape index (κ1) is 14.9. The van der Waals surface area contributed by atoms with E-state index in [0.717, 1.165) is 0 Å². The summed E-state index contributed by atoms with van der Waals surface area (Å²) in [7, 11) is 0. The highest BCUT2D eigenvalue weighted by Crippen LogP contribution is 2.23. The molecule has 5 heteroatoms. The molecule has 1 unspecified atom stereocenters. The zero-order chi connectivity index (χ0) is 13.7. The standard InChI is InChI=1S/C13H18ClFN2O/c1-8(2)6-9(7-16)13(18)17-11-5-3-4-10(14)12(11)15/h3-5,8-9H,6-7,16H2,1-2H3,(H,17,18). The zero-order valence-electron chi connectivity index (χ0n) is 10.5. The molecule has 0 aliphatic rings. The Hall–Kier alpha value is -1.13. The van der Waals surface area contributed by atoms with E-state index in [4.69, 9.17) is 17.3 Å². The summed E-state index contributed by atoms with van der Waals surface area (Å²) in [6.07, 6.45) is 0.671. The molecule has 1 aromatic rings. The molecule has 1 rings (SSSR count). The third-order valence-corrected chi connectivity index (χ3v) is 2.91. The summed E-state index contributed by atoms with van der Waals surface area (Å²) in [6, 6.07) is 4.49. The Labute approximate surface area is 112 Å². The van der Waals surface area contributed by atoms with Crippen LogP contribution in [0.15, 0.2) is 18.2 Å². The Bertz CT molecular complexity index is 423. The predicted octanol–water partition coefficient (Wildman–Crippen LogP) is 3.04. The average molecular weight is 273 g/mol. The summed E-state index contributed by atoms with van der Waals surface area (Å²) < 4.78 is 13.6. The Morgan fingerprint density at radius 2 is 2.17 bits per heavy atom. The summed E-state index contributed by atoms with van der Waals surface area (Å²) in [5.74, 6) is -0.850. The van der Waals surface area contributed by atoms with Gasteiger partial charge in [0.15, 0.2) is 5.82 Å². The van der Waals surface area contributed by atoms with Gasteiger partial charge in [0, 0.05) is 6.54 Å². The molecule has 1 amide bonds. The van der Waals surface area contributed by atoms with E-state index in [9.17, 15) is 9.18 Å². The van der Waals surface area contributed by atoms with Crippen molar-refractivity contribution in [1.82, 2.24) is 0 Å². The van der Waals surface area contributed by atoms with E-state index in [0.29, 0.717) is 12.3 Å². The summed E-state index contributed by atoms with van der Waals surface area (Å²) >= 11 is 5.64. The van der Waals surface area contributed by atoms with E-state index in [1.807, 2.05) is 13.8 Å². The number of anilines is 1. The van der Waals surface area contributed by atoms with Crippen LogP contribution in [0, 0.1) is 17.7 Å². The Kier molecular flexibility index (Phi) is 5.56. The molecule has 0 aromatic heterocycles. The second-order valence-electron chi connectivity index (χ2n) is 4.65. The summed E-state index contributed by atoms with van der Waals surface area (Å²) in [5.41, 5.74) is 5.66. The second kappa shape index (κ2) is 6.71. The van der Waals surface area contributed by atoms with Crippen molar-refractivity contribution in [1.29, 1.82) is 0 Å². The van der Waals surface area contributed by atoms with Crippen LogP contribution in [0.5, 0.6) is 0 Å². The number of nitrogens with one attached hydrogen (secondary N) is 1. The van der Waals surface area contributed by atoms with Gasteiger partial charge in [-0.05, 0) is 24.5 Å². The van der Waals surface area contributed by atoms with E-state index in [2.05, 4.69) is 5.32 Å². The van der Waals surface area contributed by atoms with Gasteiger partial charge >= 0.3 is 0 Å². The smallest absolute Gasteiger partial charge is 0.228 e. The Morgan fingerprint density at radius 1 is 1.50 bits per heavy atom. The predicted molar refractivity (Wildman–Crippen MR) is 72.0 cm³/mol. The minimum Gasteiger partial charge on any atom is -0.330 e. The molecule has 3 nitrogen and oxygen atoms in total. The zero-order valence-corrected chi connectivity index (χ0v) is 11.3. The number of benzene rings is 1. The monoisotopic (exact) mass is 272 g/mol. The van der Waals surface area contributed by atoms with Crippen LogP contribution in [0.2, 0.25) is 5.02 Å². The molecule has 3 N–H and O–H groups in total. The van der Waals surface area contributed by atoms with Gasteiger partial charge in [0.05, 0.1) is 16.6 Å². The van der Waals surface area contributed by atoms with Crippen molar-refractivity contribution < 1.29 is 9.18 Å². The minimum absolute atomic E-state index is 0.0130. The maximum Gasteiger partial charge on any atom is 0.228 e. The first-order valence-corrected chi connectivity index (χ1v) is 6.28. The normalized spacial score (nSPS) is 12.6.